The van der Waals surface area contributed by atoms with Crippen LogP contribution in [0.3, 0.4) is 0 Å². The molecular formula is C10H16N2S. The van der Waals surface area contributed by atoms with Gasteiger partial charge in [0.1, 0.15) is 0 Å². The fourth-order valence-electron chi connectivity index (χ4n) is 1.19. The molecule has 0 spiro atoms. The van der Waals surface area contributed by atoms with E-state index in [0.29, 0.717) is 5.25 Å². The lowest BCUT2D eigenvalue weighted by molar-refractivity contribution is 0.662. The van der Waals surface area contributed by atoms with E-state index < -0.39 is 0 Å². The van der Waals surface area contributed by atoms with Crippen LogP contribution in [0.5, 0.6) is 0 Å². The Labute approximate surface area is 83.9 Å². The van der Waals surface area contributed by atoms with Gasteiger partial charge < -0.3 is 5.73 Å². The van der Waals surface area contributed by atoms with Gasteiger partial charge in [-0.25, -0.2) is 4.98 Å². The third kappa shape index (κ3) is 4.29. The van der Waals surface area contributed by atoms with Crippen LogP contribution in [0.2, 0.25) is 0 Å². The van der Waals surface area contributed by atoms with E-state index in [0.717, 1.165) is 11.4 Å². The van der Waals surface area contributed by atoms with Gasteiger partial charge in [-0.05, 0) is 25.5 Å². The largest absolute Gasteiger partial charge is 0.328 e. The third-order valence-electron chi connectivity index (χ3n) is 1.66. The van der Waals surface area contributed by atoms with Crippen molar-refractivity contribution in [2.75, 3.05) is 0 Å². The van der Waals surface area contributed by atoms with Crippen molar-refractivity contribution in [3.63, 3.8) is 0 Å². The lowest BCUT2D eigenvalue weighted by Gasteiger charge is -2.12. The molecule has 0 aliphatic heterocycles. The van der Waals surface area contributed by atoms with E-state index in [2.05, 4.69) is 11.9 Å². The van der Waals surface area contributed by atoms with E-state index >= 15 is 0 Å². The summed E-state index contributed by atoms with van der Waals surface area (Å²) in [6, 6.07) is 6.24. The SMILES string of the molecule is CC(N)CC(C)Sc1ccccn1. The van der Waals surface area contributed by atoms with Crippen LogP contribution in [0.25, 0.3) is 0 Å². The number of nitrogens with zero attached hydrogens (tertiary/aromatic N) is 1. The molecule has 0 aromatic carbocycles. The predicted octanol–water partition coefficient (Wildman–Crippen LogP) is 2.30. The maximum Gasteiger partial charge on any atom is 0.0962 e. The minimum atomic E-state index is 0.270. The van der Waals surface area contributed by atoms with E-state index in [4.69, 9.17) is 5.73 Å². The van der Waals surface area contributed by atoms with Crippen molar-refractivity contribution < 1.29 is 0 Å². The quantitative estimate of drug-likeness (QED) is 0.751. The van der Waals surface area contributed by atoms with Crippen molar-refractivity contribution in [1.29, 1.82) is 0 Å². The molecule has 0 aliphatic rings. The minimum Gasteiger partial charge on any atom is -0.328 e. The van der Waals surface area contributed by atoms with Crippen molar-refractivity contribution >= 4 is 11.8 Å². The van der Waals surface area contributed by atoms with Crippen LogP contribution >= 0.6 is 11.8 Å². The van der Waals surface area contributed by atoms with Crippen molar-refractivity contribution in [2.24, 2.45) is 5.73 Å². The molecular weight excluding hydrogens is 180 g/mol. The van der Waals surface area contributed by atoms with Gasteiger partial charge in [0.25, 0.3) is 0 Å². The van der Waals surface area contributed by atoms with Gasteiger partial charge in [0.15, 0.2) is 0 Å². The first-order valence-corrected chi connectivity index (χ1v) is 5.39. The zero-order valence-corrected chi connectivity index (χ0v) is 8.92. The molecule has 1 rings (SSSR count). The van der Waals surface area contributed by atoms with Crippen LogP contribution in [0.1, 0.15) is 20.3 Å². The summed E-state index contributed by atoms with van der Waals surface area (Å²) in [6.07, 6.45) is 2.85. The smallest absolute Gasteiger partial charge is 0.0962 e. The summed E-state index contributed by atoms with van der Waals surface area (Å²) in [4.78, 5) is 4.25. The molecule has 0 amide bonds. The van der Waals surface area contributed by atoms with Gasteiger partial charge >= 0.3 is 0 Å². The molecule has 3 heteroatoms. The second-order valence-corrected chi connectivity index (χ2v) is 4.77. The van der Waals surface area contributed by atoms with Gasteiger partial charge in [-0.2, -0.15) is 0 Å². The van der Waals surface area contributed by atoms with Gasteiger partial charge in [-0.3, -0.25) is 0 Å². The summed E-state index contributed by atoms with van der Waals surface area (Å²) >= 11 is 1.78. The third-order valence-corrected chi connectivity index (χ3v) is 2.74. The van der Waals surface area contributed by atoms with Crippen LogP contribution in [0.4, 0.5) is 0 Å². The Bertz CT molecular complexity index is 236. The Kier molecular flexibility index (Phi) is 4.25. The first-order chi connectivity index (χ1) is 6.18. The van der Waals surface area contributed by atoms with E-state index in [1.54, 1.807) is 11.8 Å². The van der Waals surface area contributed by atoms with Gasteiger partial charge in [0.05, 0.1) is 5.03 Å². The van der Waals surface area contributed by atoms with Gasteiger partial charge in [-0.15, -0.1) is 11.8 Å². The summed E-state index contributed by atoms with van der Waals surface area (Å²) in [5.41, 5.74) is 5.71. The summed E-state index contributed by atoms with van der Waals surface area (Å²) in [5, 5.41) is 1.62. The number of hydrogen-bond acceptors (Lipinski definition) is 3. The highest BCUT2D eigenvalue weighted by molar-refractivity contribution is 7.99. The standard InChI is InChI=1S/C10H16N2S/c1-8(11)7-9(2)13-10-5-3-4-6-12-10/h3-6,8-9H,7,11H2,1-2H3. The second-order valence-electron chi connectivity index (χ2n) is 3.31. The van der Waals surface area contributed by atoms with E-state index in [-0.39, 0.29) is 6.04 Å². The van der Waals surface area contributed by atoms with Crippen LogP contribution in [0.15, 0.2) is 29.4 Å². The zero-order chi connectivity index (χ0) is 9.68. The topological polar surface area (TPSA) is 38.9 Å². The lowest BCUT2D eigenvalue weighted by atomic mass is 10.2. The summed E-state index contributed by atoms with van der Waals surface area (Å²) < 4.78 is 0. The summed E-state index contributed by atoms with van der Waals surface area (Å²) in [5.74, 6) is 0. The highest BCUT2D eigenvalue weighted by Gasteiger charge is 2.06. The Hall–Kier alpha value is -0.540. The van der Waals surface area contributed by atoms with Gasteiger partial charge in [0, 0.05) is 17.5 Å². The molecule has 1 heterocycles. The Morgan fingerprint density at radius 3 is 2.77 bits per heavy atom. The molecule has 1 aromatic heterocycles. The van der Waals surface area contributed by atoms with Crippen LogP contribution in [-0.4, -0.2) is 16.3 Å². The van der Waals surface area contributed by atoms with Crippen molar-refractivity contribution in [1.82, 2.24) is 4.98 Å². The molecule has 0 aliphatic carbocycles. The fraction of sp³-hybridized carbons (Fsp3) is 0.500. The number of hydrogen-bond donors (Lipinski definition) is 1. The Morgan fingerprint density at radius 2 is 2.23 bits per heavy atom. The molecule has 72 valence electrons. The number of pyridine rings is 1. The van der Waals surface area contributed by atoms with Crippen molar-refractivity contribution in [3.05, 3.63) is 24.4 Å². The molecule has 0 bridgehead atoms. The highest BCUT2D eigenvalue weighted by atomic mass is 32.2. The predicted molar refractivity (Wildman–Crippen MR) is 57.8 cm³/mol. The maximum atomic E-state index is 5.71. The van der Waals surface area contributed by atoms with Crippen LogP contribution in [-0.2, 0) is 0 Å². The number of nitrogens with two attached hydrogens (primary N) is 1. The fourth-order valence-corrected chi connectivity index (χ4v) is 2.29. The molecule has 0 saturated carbocycles. The zero-order valence-electron chi connectivity index (χ0n) is 8.10. The molecule has 2 nitrogen and oxygen atoms in total. The van der Waals surface area contributed by atoms with E-state index in [1.165, 1.54) is 0 Å². The molecule has 13 heavy (non-hydrogen) atoms. The summed E-state index contributed by atoms with van der Waals surface area (Å²) in [6.45, 7) is 4.22. The highest BCUT2D eigenvalue weighted by Crippen LogP contribution is 2.22. The molecule has 0 saturated heterocycles. The lowest BCUT2D eigenvalue weighted by Crippen LogP contribution is -2.19. The Balaban J connectivity index is 2.41. The average Bonchev–Trinajstić information content (AvgIpc) is 2.04. The van der Waals surface area contributed by atoms with E-state index in [9.17, 15) is 0 Å². The molecule has 1 aromatic rings. The van der Waals surface area contributed by atoms with Gasteiger partial charge in [0.2, 0.25) is 0 Å². The van der Waals surface area contributed by atoms with Crippen molar-refractivity contribution in [3.8, 4) is 0 Å². The second kappa shape index (κ2) is 5.25. The monoisotopic (exact) mass is 196 g/mol. The number of rotatable bonds is 4. The minimum absolute atomic E-state index is 0.270. The van der Waals surface area contributed by atoms with Gasteiger partial charge in [-0.1, -0.05) is 13.0 Å². The molecule has 2 unspecified atom stereocenters. The van der Waals surface area contributed by atoms with Crippen LogP contribution in [0, 0.1) is 0 Å². The number of aromatic nitrogens is 1. The molecule has 2 atom stereocenters. The number of thioether (sulfide) groups is 1. The average molecular weight is 196 g/mol. The first-order valence-electron chi connectivity index (χ1n) is 4.51. The molecule has 2 N–H and O–H groups in total. The maximum absolute atomic E-state index is 5.71. The molecule has 0 radical (unpaired) electrons. The first kappa shape index (κ1) is 10.5. The normalized spacial score (nSPS) is 15.3. The Morgan fingerprint density at radius 1 is 1.46 bits per heavy atom. The summed E-state index contributed by atoms with van der Waals surface area (Å²) in [7, 11) is 0. The molecule has 0 fully saturated rings. The van der Waals surface area contributed by atoms with E-state index in [1.807, 2.05) is 31.3 Å². The van der Waals surface area contributed by atoms with Crippen LogP contribution < -0.4 is 5.73 Å². The van der Waals surface area contributed by atoms with Crippen molar-refractivity contribution in [2.45, 2.75) is 36.6 Å².